The molecule has 1 heterocycles. The molecule has 0 saturated carbocycles. The summed E-state index contributed by atoms with van der Waals surface area (Å²) < 4.78 is 0. The lowest BCUT2D eigenvalue weighted by molar-refractivity contribution is 1.13. The summed E-state index contributed by atoms with van der Waals surface area (Å²) >= 11 is 1.78. The van der Waals surface area contributed by atoms with Gasteiger partial charge in [0.2, 0.25) is 0 Å². The highest BCUT2D eigenvalue weighted by atomic mass is 32.1. The van der Waals surface area contributed by atoms with E-state index >= 15 is 0 Å². The summed E-state index contributed by atoms with van der Waals surface area (Å²) in [6.45, 7) is 0. The van der Waals surface area contributed by atoms with E-state index in [1.165, 1.54) is 16.1 Å². The van der Waals surface area contributed by atoms with Crippen molar-refractivity contribution in [2.24, 2.45) is 0 Å². The molecule has 0 spiro atoms. The summed E-state index contributed by atoms with van der Waals surface area (Å²) in [6.07, 6.45) is 0. The maximum atomic E-state index is 2.21. The van der Waals surface area contributed by atoms with Crippen molar-refractivity contribution in [3.63, 3.8) is 0 Å². The predicted molar refractivity (Wildman–Crippen MR) is 64.1 cm³/mol. The molecule has 72 valence electrons. The quantitative estimate of drug-likeness (QED) is 0.722. The Morgan fingerprint density at radius 1 is 1.07 bits per heavy atom. The Labute approximate surface area is 88.6 Å². The molecule has 2 aromatic rings. The summed E-state index contributed by atoms with van der Waals surface area (Å²) in [6, 6.07) is 12.8. The van der Waals surface area contributed by atoms with Gasteiger partial charge in [0.25, 0.3) is 0 Å². The van der Waals surface area contributed by atoms with Gasteiger partial charge in [-0.1, -0.05) is 18.2 Å². The third kappa shape index (κ3) is 1.80. The van der Waals surface area contributed by atoms with Gasteiger partial charge in [0, 0.05) is 24.7 Å². The lowest BCUT2D eigenvalue weighted by atomic mass is 10.1. The molecule has 0 N–H and O–H groups in total. The zero-order valence-electron chi connectivity index (χ0n) is 8.40. The number of hydrogen-bond acceptors (Lipinski definition) is 2. The van der Waals surface area contributed by atoms with Crippen molar-refractivity contribution in [2.75, 3.05) is 19.0 Å². The van der Waals surface area contributed by atoms with Crippen LogP contribution < -0.4 is 4.90 Å². The van der Waals surface area contributed by atoms with Crippen molar-refractivity contribution in [3.05, 3.63) is 41.8 Å². The maximum absolute atomic E-state index is 2.21. The van der Waals surface area contributed by atoms with Crippen molar-refractivity contribution >= 4 is 17.0 Å². The lowest BCUT2D eigenvalue weighted by Gasteiger charge is -2.12. The average Bonchev–Trinajstić information content (AvgIpc) is 2.71. The predicted octanol–water partition coefficient (Wildman–Crippen LogP) is 3.48. The molecule has 0 fully saturated rings. The maximum Gasteiger partial charge on any atom is 0.0367 e. The van der Waals surface area contributed by atoms with Crippen LogP contribution in [0.5, 0.6) is 0 Å². The molecule has 0 aliphatic rings. The van der Waals surface area contributed by atoms with E-state index < -0.39 is 0 Å². The van der Waals surface area contributed by atoms with E-state index in [2.05, 4.69) is 60.8 Å². The summed E-state index contributed by atoms with van der Waals surface area (Å²) in [5, 5.41) is 2.11. The number of hydrogen-bond donors (Lipinski definition) is 0. The van der Waals surface area contributed by atoms with Crippen LogP contribution in [-0.2, 0) is 0 Å². The van der Waals surface area contributed by atoms with Gasteiger partial charge in [-0.25, -0.2) is 0 Å². The Morgan fingerprint density at radius 2 is 1.93 bits per heavy atom. The standard InChI is InChI=1S/C12H13NS/c1-13(2)11-6-3-5-10(9-11)12-7-4-8-14-12/h3-9H,1-2H3. The van der Waals surface area contributed by atoms with Crippen molar-refractivity contribution in [3.8, 4) is 10.4 Å². The molecule has 0 saturated heterocycles. The molecule has 0 bridgehead atoms. The Kier molecular flexibility index (Phi) is 2.55. The van der Waals surface area contributed by atoms with Crippen LogP contribution in [0.3, 0.4) is 0 Å². The number of thiophene rings is 1. The molecule has 1 nitrogen and oxygen atoms in total. The second kappa shape index (κ2) is 3.84. The second-order valence-corrected chi connectivity index (χ2v) is 4.37. The van der Waals surface area contributed by atoms with Crippen LogP contribution in [0, 0.1) is 0 Å². The normalized spacial score (nSPS) is 10.1. The summed E-state index contributed by atoms with van der Waals surface area (Å²) in [4.78, 5) is 3.45. The topological polar surface area (TPSA) is 3.24 Å². The summed E-state index contributed by atoms with van der Waals surface area (Å²) in [5.41, 5.74) is 2.54. The van der Waals surface area contributed by atoms with Gasteiger partial charge >= 0.3 is 0 Å². The number of rotatable bonds is 2. The number of benzene rings is 1. The highest BCUT2D eigenvalue weighted by molar-refractivity contribution is 7.13. The minimum absolute atomic E-state index is 1.25. The third-order valence-corrected chi connectivity index (χ3v) is 3.09. The Morgan fingerprint density at radius 3 is 2.57 bits per heavy atom. The van der Waals surface area contributed by atoms with Crippen molar-refractivity contribution < 1.29 is 0 Å². The molecule has 1 aromatic carbocycles. The molecular weight excluding hydrogens is 190 g/mol. The molecule has 0 aliphatic heterocycles. The third-order valence-electron chi connectivity index (χ3n) is 2.17. The van der Waals surface area contributed by atoms with Gasteiger partial charge < -0.3 is 4.90 Å². The van der Waals surface area contributed by atoms with Crippen LogP contribution in [-0.4, -0.2) is 14.1 Å². The fraction of sp³-hybridized carbons (Fsp3) is 0.167. The van der Waals surface area contributed by atoms with E-state index in [4.69, 9.17) is 0 Å². The van der Waals surface area contributed by atoms with Crippen molar-refractivity contribution in [1.29, 1.82) is 0 Å². The molecule has 0 unspecified atom stereocenters. The second-order valence-electron chi connectivity index (χ2n) is 3.42. The minimum atomic E-state index is 1.25. The lowest BCUT2D eigenvalue weighted by Crippen LogP contribution is -2.08. The van der Waals surface area contributed by atoms with Crippen LogP contribution in [0.25, 0.3) is 10.4 Å². The van der Waals surface area contributed by atoms with Crippen molar-refractivity contribution in [1.82, 2.24) is 0 Å². The zero-order chi connectivity index (χ0) is 9.97. The van der Waals surface area contributed by atoms with Gasteiger partial charge in [0.05, 0.1) is 0 Å². The van der Waals surface area contributed by atoms with Gasteiger partial charge in [0.15, 0.2) is 0 Å². The Hall–Kier alpha value is -1.28. The monoisotopic (exact) mass is 203 g/mol. The van der Waals surface area contributed by atoms with E-state index in [1.54, 1.807) is 11.3 Å². The van der Waals surface area contributed by atoms with Crippen LogP contribution in [0.1, 0.15) is 0 Å². The zero-order valence-corrected chi connectivity index (χ0v) is 9.21. The van der Waals surface area contributed by atoms with Gasteiger partial charge in [-0.3, -0.25) is 0 Å². The molecule has 0 radical (unpaired) electrons. The SMILES string of the molecule is CN(C)c1cccc(-c2cccs2)c1. The van der Waals surface area contributed by atoms with Crippen LogP contribution >= 0.6 is 11.3 Å². The van der Waals surface area contributed by atoms with Crippen LogP contribution in [0.4, 0.5) is 5.69 Å². The van der Waals surface area contributed by atoms with Crippen molar-refractivity contribution in [2.45, 2.75) is 0 Å². The summed E-state index contributed by atoms with van der Waals surface area (Å²) in [5.74, 6) is 0. The fourth-order valence-corrected chi connectivity index (χ4v) is 2.10. The first-order valence-corrected chi connectivity index (χ1v) is 5.46. The van der Waals surface area contributed by atoms with E-state index in [0.29, 0.717) is 0 Å². The molecular formula is C12H13NS. The molecule has 1 aromatic heterocycles. The first kappa shape index (κ1) is 9.28. The molecule has 2 rings (SSSR count). The summed E-state index contributed by atoms with van der Waals surface area (Å²) in [7, 11) is 4.13. The first-order valence-electron chi connectivity index (χ1n) is 4.58. The van der Waals surface area contributed by atoms with Gasteiger partial charge in [-0.05, 0) is 29.1 Å². The molecule has 0 amide bonds. The molecule has 14 heavy (non-hydrogen) atoms. The molecule has 0 atom stereocenters. The first-order chi connectivity index (χ1) is 6.77. The largest absolute Gasteiger partial charge is 0.378 e. The average molecular weight is 203 g/mol. The highest BCUT2D eigenvalue weighted by Crippen LogP contribution is 2.27. The number of nitrogens with zero attached hydrogens (tertiary/aromatic N) is 1. The van der Waals surface area contributed by atoms with E-state index in [9.17, 15) is 0 Å². The van der Waals surface area contributed by atoms with Crippen LogP contribution in [0.2, 0.25) is 0 Å². The van der Waals surface area contributed by atoms with E-state index in [1.807, 2.05) is 0 Å². The fourth-order valence-electron chi connectivity index (χ4n) is 1.38. The molecule has 0 aliphatic carbocycles. The Balaban J connectivity index is 2.41. The number of anilines is 1. The molecule has 2 heteroatoms. The minimum Gasteiger partial charge on any atom is -0.378 e. The van der Waals surface area contributed by atoms with Crippen LogP contribution in [0.15, 0.2) is 41.8 Å². The van der Waals surface area contributed by atoms with Gasteiger partial charge in [-0.2, -0.15) is 0 Å². The van der Waals surface area contributed by atoms with Gasteiger partial charge in [0.1, 0.15) is 0 Å². The van der Waals surface area contributed by atoms with E-state index in [-0.39, 0.29) is 0 Å². The van der Waals surface area contributed by atoms with E-state index in [0.717, 1.165) is 0 Å². The van der Waals surface area contributed by atoms with Gasteiger partial charge in [-0.15, -0.1) is 11.3 Å². The Bertz CT molecular complexity index is 404. The smallest absolute Gasteiger partial charge is 0.0367 e. The highest BCUT2D eigenvalue weighted by Gasteiger charge is 2.00.